The number of hydrogen-bond acceptors (Lipinski definition) is 3. The van der Waals surface area contributed by atoms with Crippen molar-refractivity contribution in [2.75, 3.05) is 6.61 Å². The summed E-state index contributed by atoms with van der Waals surface area (Å²) in [4.78, 5) is 0. The van der Waals surface area contributed by atoms with Crippen LogP contribution in [0.4, 0.5) is 0 Å². The molecule has 1 rings (SSSR count). The van der Waals surface area contributed by atoms with Crippen molar-refractivity contribution in [1.29, 1.82) is 0 Å². The molecular weight excluding hydrogens is 258 g/mol. The van der Waals surface area contributed by atoms with E-state index in [4.69, 9.17) is 5.73 Å². The van der Waals surface area contributed by atoms with Crippen LogP contribution in [0.25, 0.3) is 0 Å². The first-order valence-corrected chi connectivity index (χ1v) is 5.52. The van der Waals surface area contributed by atoms with Gasteiger partial charge in [-0.15, -0.1) is 0 Å². The summed E-state index contributed by atoms with van der Waals surface area (Å²) in [6.07, 6.45) is 0. The first kappa shape index (κ1) is 12.5. The smallest absolute Gasteiger partial charge is 0.120 e. The molecule has 1 aromatic carbocycles. The number of nitrogens with two attached hydrogens (primary N) is 1. The zero-order valence-electron chi connectivity index (χ0n) is 8.87. The third-order valence-corrected chi connectivity index (χ3v) is 3.07. The third kappa shape index (κ3) is 2.71. The molecule has 15 heavy (non-hydrogen) atoms. The fraction of sp³-hybridized carbons (Fsp3) is 0.455. The van der Waals surface area contributed by atoms with Crippen molar-refractivity contribution in [3.63, 3.8) is 0 Å². The Morgan fingerprint density at radius 1 is 1.47 bits per heavy atom. The first-order chi connectivity index (χ1) is 6.88. The molecule has 0 radical (unpaired) electrons. The molecule has 0 unspecified atom stereocenters. The van der Waals surface area contributed by atoms with Gasteiger partial charge in [-0.25, -0.2) is 0 Å². The zero-order valence-corrected chi connectivity index (χ0v) is 10.5. The lowest BCUT2D eigenvalue weighted by molar-refractivity contribution is 0.131. The predicted octanol–water partition coefficient (Wildman–Crippen LogP) is 2.17. The van der Waals surface area contributed by atoms with E-state index in [1.54, 1.807) is 18.2 Å². The van der Waals surface area contributed by atoms with Crippen LogP contribution >= 0.6 is 15.9 Å². The minimum Gasteiger partial charge on any atom is -0.508 e. The standard InChI is InChI=1S/C11H16BrNO2/c1-11(2,6-14)10(13)8-5-7(12)3-4-9(8)15/h3-5,10,14-15H,6,13H2,1-2H3/t10-/m1/s1. The molecule has 1 atom stereocenters. The highest BCUT2D eigenvalue weighted by atomic mass is 79.9. The van der Waals surface area contributed by atoms with Crippen LogP contribution in [0.5, 0.6) is 5.75 Å². The molecule has 0 amide bonds. The van der Waals surface area contributed by atoms with Crippen LogP contribution in [0.1, 0.15) is 25.5 Å². The van der Waals surface area contributed by atoms with Crippen molar-refractivity contribution in [2.45, 2.75) is 19.9 Å². The molecule has 0 fully saturated rings. The maximum absolute atomic E-state index is 9.68. The third-order valence-electron chi connectivity index (χ3n) is 2.57. The van der Waals surface area contributed by atoms with Crippen LogP contribution in [-0.2, 0) is 0 Å². The van der Waals surface area contributed by atoms with Gasteiger partial charge in [-0.2, -0.15) is 0 Å². The van der Waals surface area contributed by atoms with Gasteiger partial charge in [0.25, 0.3) is 0 Å². The number of aliphatic hydroxyl groups is 1. The summed E-state index contributed by atoms with van der Waals surface area (Å²) in [5.74, 6) is 0.159. The summed E-state index contributed by atoms with van der Waals surface area (Å²) < 4.78 is 0.861. The van der Waals surface area contributed by atoms with Crippen molar-refractivity contribution in [1.82, 2.24) is 0 Å². The summed E-state index contributed by atoms with van der Waals surface area (Å²) in [7, 11) is 0. The van der Waals surface area contributed by atoms with Crippen molar-refractivity contribution in [2.24, 2.45) is 11.1 Å². The van der Waals surface area contributed by atoms with E-state index >= 15 is 0 Å². The number of aliphatic hydroxyl groups excluding tert-OH is 1. The molecule has 0 aromatic heterocycles. The molecule has 84 valence electrons. The van der Waals surface area contributed by atoms with Crippen molar-refractivity contribution in [3.05, 3.63) is 28.2 Å². The number of benzene rings is 1. The van der Waals surface area contributed by atoms with Crippen LogP contribution < -0.4 is 5.73 Å². The largest absolute Gasteiger partial charge is 0.508 e. The van der Waals surface area contributed by atoms with E-state index in [0.29, 0.717) is 5.56 Å². The molecule has 0 bridgehead atoms. The Labute approximate surface area is 98.1 Å². The van der Waals surface area contributed by atoms with Gasteiger partial charge in [-0.1, -0.05) is 29.8 Å². The SMILES string of the molecule is CC(C)(CO)[C@H](N)c1cc(Br)ccc1O. The number of hydrogen-bond donors (Lipinski definition) is 3. The summed E-state index contributed by atoms with van der Waals surface area (Å²) >= 11 is 3.32. The minimum atomic E-state index is -0.460. The van der Waals surface area contributed by atoms with Gasteiger partial charge in [-0.05, 0) is 18.2 Å². The molecule has 0 spiro atoms. The highest BCUT2D eigenvalue weighted by Gasteiger charge is 2.28. The normalized spacial score (nSPS) is 13.9. The van der Waals surface area contributed by atoms with Gasteiger partial charge in [0.15, 0.2) is 0 Å². The van der Waals surface area contributed by atoms with E-state index in [9.17, 15) is 10.2 Å². The summed E-state index contributed by atoms with van der Waals surface area (Å²) in [5.41, 5.74) is 6.19. The van der Waals surface area contributed by atoms with Crippen molar-refractivity contribution in [3.8, 4) is 5.75 Å². The second-order valence-electron chi connectivity index (χ2n) is 4.33. The van der Waals surface area contributed by atoms with E-state index in [-0.39, 0.29) is 12.4 Å². The van der Waals surface area contributed by atoms with E-state index in [2.05, 4.69) is 15.9 Å². The monoisotopic (exact) mass is 273 g/mol. The molecule has 0 aliphatic carbocycles. The van der Waals surface area contributed by atoms with E-state index in [1.165, 1.54) is 0 Å². The number of rotatable bonds is 3. The van der Waals surface area contributed by atoms with E-state index in [1.807, 2.05) is 13.8 Å². The molecular formula is C11H16BrNO2. The number of phenolic OH excluding ortho intramolecular Hbond substituents is 1. The van der Waals surface area contributed by atoms with E-state index < -0.39 is 11.5 Å². The second kappa shape index (κ2) is 4.51. The maximum atomic E-state index is 9.68. The molecule has 0 aliphatic heterocycles. The molecule has 4 N–H and O–H groups in total. The van der Waals surface area contributed by atoms with Crippen molar-refractivity contribution < 1.29 is 10.2 Å². The van der Waals surface area contributed by atoms with E-state index in [0.717, 1.165) is 4.47 Å². The molecule has 0 aliphatic rings. The maximum Gasteiger partial charge on any atom is 0.120 e. The second-order valence-corrected chi connectivity index (χ2v) is 5.24. The van der Waals surface area contributed by atoms with Crippen LogP contribution in [0.3, 0.4) is 0 Å². The van der Waals surface area contributed by atoms with Crippen molar-refractivity contribution >= 4 is 15.9 Å². The zero-order chi connectivity index (χ0) is 11.6. The summed E-state index contributed by atoms with van der Waals surface area (Å²) in [6.45, 7) is 3.69. The number of aromatic hydroxyl groups is 1. The quantitative estimate of drug-likeness (QED) is 0.791. The average Bonchev–Trinajstić information content (AvgIpc) is 2.20. The lowest BCUT2D eigenvalue weighted by Gasteiger charge is -2.30. The summed E-state index contributed by atoms with van der Waals surface area (Å²) in [6, 6.07) is 4.71. The van der Waals surface area contributed by atoms with Crippen LogP contribution in [0, 0.1) is 5.41 Å². The van der Waals surface area contributed by atoms with Crippen LogP contribution in [0.15, 0.2) is 22.7 Å². The van der Waals surface area contributed by atoms with Crippen LogP contribution in [0.2, 0.25) is 0 Å². The van der Waals surface area contributed by atoms with Gasteiger partial charge in [0.2, 0.25) is 0 Å². The van der Waals surface area contributed by atoms with Gasteiger partial charge in [0.1, 0.15) is 5.75 Å². The fourth-order valence-electron chi connectivity index (χ4n) is 1.29. The number of phenols is 1. The Morgan fingerprint density at radius 3 is 2.60 bits per heavy atom. The Bertz CT molecular complexity index is 352. The lowest BCUT2D eigenvalue weighted by Crippen LogP contribution is -2.32. The molecule has 0 saturated carbocycles. The Balaban J connectivity index is 3.10. The number of halogens is 1. The predicted molar refractivity (Wildman–Crippen MR) is 63.6 cm³/mol. The minimum absolute atomic E-state index is 0.0277. The van der Waals surface area contributed by atoms with Crippen LogP contribution in [-0.4, -0.2) is 16.8 Å². The fourth-order valence-corrected chi connectivity index (χ4v) is 1.67. The van der Waals surface area contributed by atoms with Gasteiger partial charge in [0.05, 0.1) is 0 Å². The average molecular weight is 274 g/mol. The molecule has 1 aromatic rings. The van der Waals surface area contributed by atoms with Gasteiger partial charge >= 0.3 is 0 Å². The topological polar surface area (TPSA) is 66.5 Å². The highest BCUT2D eigenvalue weighted by Crippen LogP contribution is 2.36. The molecule has 4 heteroatoms. The molecule has 0 heterocycles. The highest BCUT2D eigenvalue weighted by molar-refractivity contribution is 9.10. The van der Waals surface area contributed by atoms with Gasteiger partial charge in [-0.3, -0.25) is 0 Å². The molecule has 3 nitrogen and oxygen atoms in total. The van der Waals surface area contributed by atoms with Gasteiger partial charge in [0, 0.05) is 28.1 Å². The molecule has 0 saturated heterocycles. The van der Waals surface area contributed by atoms with Gasteiger partial charge < -0.3 is 15.9 Å². The lowest BCUT2D eigenvalue weighted by atomic mass is 9.81. The Morgan fingerprint density at radius 2 is 2.07 bits per heavy atom. The first-order valence-electron chi connectivity index (χ1n) is 4.73. The Hall–Kier alpha value is -0.580. The Kier molecular flexibility index (Phi) is 3.76. The summed E-state index contributed by atoms with van der Waals surface area (Å²) in [5, 5.41) is 18.9.